The third-order valence-corrected chi connectivity index (χ3v) is 6.40. The summed E-state index contributed by atoms with van der Waals surface area (Å²) < 4.78 is 9.97. The van der Waals surface area contributed by atoms with Gasteiger partial charge in [-0.25, -0.2) is 19.6 Å². The number of ether oxygens (including phenoxy) is 1. The molecule has 8 nitrogen and oxygen atoms in total. The van der Waals surface area contributed by atoms with E-state index in [1.165, 1.54) is 4.88 Å². The molecule has 0 spiro atoms. The lowest BCUT2D eigenvalue weighted by Crippen LogP contribution is -2.05. The first-order valence-corrected chi connectivity index (χ1v) is 11.2. The van der Waals surface area contributed by atoms with Crippen molar-refractivity contribution in [1.29, 1.82) is 0 Å². The molecule has 0 unspecified atom stereocenters. The molecule has 5 rings (SSSR count). The molecule has 0 saturated heterocycles. The van der Waals surface area contributed by atoms with Crippen LogP contribution in [0.5, 0.6) is 5.75 Å². The van der Waals surface area contributed by atoms with Crippen LogP contribution in [0.3, 0.4) is 0 Å². The monoisotopic (exact) mass is 436 g/mol. The van der Waals surface area contributed by atoms with Gasteiger partial charge >= 0.3 is 0 Å². The normalized spacial score (nSPS) is 13.1. The first-order chi connectivity index (χ1) is 15.0. The van der Waals surface area contributed by atoms with Crippen molar-refractivity contribution in [2.75, 3.05) is 13.2 Å². The lowest BCUT2D eigenvalue weighted by molar-refractivity contribution is 0.276. The van der Waals surface area contributed by atoms with Gasteiger partial charge in [-0.05, 0) is 32.9 Å². The van der Waals surface area contributed by atoms with E-state index in [0.29, 0.717) is 13.2 Å². The Morgan fingerprint density at radius 2 is 2.13 bits per heavy atom. The molecule has 4 aromatic rings. The molecule has 0 fully saturated rings. The first-order valence-electron chi connectivity index (χ1n) is 10.4. The van der Waals surface area contributed by atoms with Crippen molar-refractivity contribution in [2.24, 2.45) is 0 Å². The van der Waals surface area contributed by atoms with Crippen LogP contribution in [0.25, 0.3) is 33.3 Å². The second-order valence-electron chi connectivity index (χ2n) is 7.82. The van der Waals surface area contributed by atoms with Crippen LogP contribution in [0.15, 0.2) is 30.7 Å². The van der Waals surface area contributed by atoms with Crippen LogP contribution in [0.2, 0.25) is 0 Å². The third kappa shape index (κ3) is 3.53. The molecule has 1 aliphatic heterocycles. The molecule has 0 aliphatic carbocycles. The maximum Gasteiger partial charge on any atom is 0.187 e. The number of rotatable bonds is 5. The van der Waals surface area contributed by atoms with Gasteiger partial charge < -0.3 is 14.4 Å². The van der Waals surface area contributed by atoms with Gasteiger partial charge in [-0.3, -0.25) is 0 Å². The van der Waals surface area contributed by atoms with Crippen molar-refractivity contribution >= 4 is 11.3 Å². The smallest absolute Gasteiger partial charge is 0.187 e. The highest BCUT2D eigenvalue weighted by Gasteiger charge is 2.24. The molecule has 1 aliphatic rings. The number of fused-ring (bicyclic) bond motifs is 3. The van der Waals surface area contributed by atoms with Crippen LogP contribution in [-0.2, 0) is 13.0 Å². The standard InChI is InChI=1S/C22H24N6O2S/c1-13(2)28-21(24-14(3)26-28)22-25-20-16-5-4-15(17-11-23-12-27(17)7-8-29)10-18(16)30-9-6-19(20)31-22/h4-5,10-13,29H,6-9H2,1-3H3. The maximum atomic E-state index is 9.31. The summed E-state index contributed by atoms with van der Waals surface area (Å²) in [4.78, 5) is 15.0. The Balaban J connectivity index is 1.57. The number of aliphatic hydroxyl groups is 1. The average molecular weight is 437 g/mol. The van der Waals surface area contributed by atoms with E-state index >= 15 is 0 Å². The minimum absolute atomic E-state index is 0.0657. The molecular formula is C22H24N6O2S. The number of nitrogens with zero attached hydrogens (tertiary/aromatic N) is 6. The number of benzene rings is 1. The second-order valence-corrected chi connectivity index (χ2v) is 8.90. The molecule has 0 atom stereocenters. The zero-order valence-corrected chi connectivity index (χ0v) is 18.6. The quantitative estimate of drug-likeness (QED) is 0.512. The molecule has 31 heavy (non-hydrogen) atoms. The van der Waals surface area contributed by atoms with Gasteiger partial charge in [-0.2, -0.15) is 5.10 Å². The van der Waals surface area contributed by atoms with Gasteiger partial charge in [0.2, 0.25) is 0 Å². The lowest BCUT2D eigenvalue weighted by Gasteiger charge is -2.11. The Bertz CT molecular complexity index is 1240. The molecule has 3 aromatic heterocycles. The van der Waals surface area contributed by atoms with Gasteiger partial charge in [-0.1, -0.05) is 6.07 Å². The van der Waals surface area contributed by atoms with Crippen LogP contribution >= 0.6 is 11.3 Å². The fraction of sp³-hybridized carbons (Fsp3) is 0.364. The SMILES string of the molecule is Cc1nc(-c2nc3c(s2)CCOc2cc(-c4cncn4CCO)ccc2-3)n(C(C)C)n1. The van der Waals surface area contributed by atoms with E-state index in [2.05, 4.69) is 41.0 Å². The van der Waals surface area contributed by atoms with Crippen molar-refractivity contribution in [3.8, 4) is 39.1 Å². The van der Waals surface area contributed by atoms with Crippen LogP contribution < -0.4 is 4.74 Å². The van der Waals surface area contributed by atoms with Gasteiger partial charge in [0.15, 0.2) is 10.8 Å². The molecule has 0 radical (unpaired) electrons. The number of imidazole rings is 1. The first kappa shape index (κ1) is 19.9. The summed E-state index contributed by atoms with van der Waals surface area (Å²) in [6.07, 6.45) is 4.34. The minimum Gasteiger partial charge on any atom is -0.492 e. The molecule has 0 amide bonds. The summed E-state index contributed by atoms with van der Waals surface area (Å²) in [7, 11) is 0. The Morgan fingerprint density at radius 3 is 2.94 bits per heavy atom. The molecule has 0 saturated carbocycles. The maximum absolute atomic E-state index is 9.31. The van der Waals surface area contributed by atoms with Crippen molar-refractivity contribution in [3.05, 3.63) is 41.4 Å². The van der Waals surface area contributed by atoms with Crippen LogP contribution in [0.4, 0.5) is 0 Å². The van der Waals surface area contributed by atoms with E-state index in [4.69, 9.17) is 9.72 Å². The Kier molecular flexibility index (Phi) is 5.07. The van der Waals surface area contributed by atoms with E-state index in [1.54, 1.807) is 17.7 Å². The summed E-state index contributed by atoms with van der Waals surface area (Å²) >= 11 is 1.66. The third-order valence-electron chi connectivity index (χ3n) is 5.29. The second kappa shape index (κ2) is 7.90. The number of aliphatic hydroxyl groups excluding tert-OH is 1. The molecule has 4 heterocycles. The summed E-state index contributed by atoms with van der Waals surface area (Å²) in [6.45, 7) is 7.27. The highest BCUT2D eigenvalue weighted by molar-refractivity contribution is 7.15. The van der Waals surface area contributed by atoms with E-state index in [-0.39, 0.29) is 12.6 Å². The Hall–Kier alpha value is -3.04. The summed E-state index contributed by atoms with van der Waals surface area (Å²) in [6, 6.07) is 6.37. The van der Waals surface area contributed by atoms with Crippen molar-refractivity contribution < 1.29 is 9.84 Å². The van der Waals surface area contributed by atoms with E-state index < -0.39 is 0 Å². The van der Waals surface area contributed by atoms with Gasteiger partial charge in [0, 0.05) is 35.0 Å². The van der Waals surface area contributed by atoms with Crippen LogP contribution in [0, 0.1) is 6.92 Å². The number of hydrogen-bond acceptors (Lipinski definition) is 7. The number of thiazole rings is 1. The molecular weight excluding hydrogens is 412 g/mol. The van der Waals surface area contributed by atoms with E-state index in [1.807, 2.05) is 28.4 Å². The zero-order valence-electron chi connectivity index (χ0n) is 17.7. The zero-order chi connectivity index (χ0) is 21.5. The highest BCUT2D eigenvalue weighted by Crippen LogP contribution is 2.41. The number of aromatic nitrogens is 6. The number of hydrogen-bond donors (Lipinski definition) is 1. The largest absolute Gasteiger partial charge is 0.492 e. The highest BCUT2D eigenvalue weighted by atomic mass is 32.1. The minimum atomic E-state index is 0.0657. The van der Waals surface area contributed by atoms with E-state index in [0.717, 1.165) is 51.3 Å². The molecule has 1 aromatic carbocycles. The fourth-order valence-electron chi connectivity index (χ4n) is 3.86. The van der Waals surface area contributed by atoms with Crippen molar-refractivity contribution in [1.82, 2.24) is 29.3 Å². The topological polar surface area (TPSA) is 90.9 Å². The molecule has 160 valence electrons. The van der Waals surface area contributed by atoms with Crippen LogP contribution in [-0.4, -0.2) is 47.6 Å². The van der Waals surface area contributed by atoms with Gasteiger partial charge in [0.05, 0.1) is 37.1 Å². The Labute approximate surface area is 184 Å². The predicted octanol–water partition coefficient (Wildman–Crippen LogP) is 3.75. The van der Waals surface area contributed by atoms with Gasteiger partial charge in [0.25, 0.3) is 0 Å². The number of aryl methyl sites for hydroxylation is 1. The summed E-state index contributed by atoms with van der Waals surface area (Å²) in [5.74, 6) is 2.38. The summed E-state index contributed by atoms with van der Waals surface area (Å²) in [5.41, 5.74) is 3.89. The summed E-state index contributed by atoms with van der Waals surface area (Å²) in [5, 5.41) is 14.7. The van der Waals surface area contributed by atoms with E-state index in [9.17, 15) is 5.11 Å². The fourth-order valence-corrected chi connectivity index (χ4v) is 4.90. The lowest BCUT2D eigenvalue weighted by atomic mass is 10.0. The Morgan fingerprint density at radius 1 is 1.26 bits per heavy atom. The molecule has 0 bridgehead atoms. The van der Waals surface area contributed by atoms with Crippen LogP contribution in [0.1, 0.15) is 30.6 Å². The van der Waals surface area contributed by atoms with Crippen molar-refractivity contribution in [2.45, 2.75) is 39.8 Å². The van der Waals surface area contributed by atoms with Crippen molar-refractivity contribution in [3.63, 3.8) is 0 Å². The van der Waals surface area contributed by atoms with Gasteiger partial charge in [-0.15, -0.1) is 11.3 Å². The predicted molar refractivity (Wildman–Crippen MR) is 119 cm³/mol. The molecule has 1 N–H and O–H groups in total. The molecule has 9 heteroatoms. The average Bonchev–Trinajstić information content (AvgIpc) is 3.45. The van der Waals surface area contributed by atoms with Gasteiger partial charge in [0.1, 0.15) is 11.6 Å².